The third-order valence-corrected chi connectivity index (χ3v) is 1.80. The second kappa shape index (κ2) is 4.75. The Hall–Kier alpha value is -1.18. The van der Waals surface area contributed by atoms with Gasteiger partial charge < -0.3 is 9.47 Å². The molecule has 0 bridgehead atoms. The standard InChI is InChI=1S/C9H10O2.C2H6/c1-7-2-4-8-9(5-3-7)11-6-10-8;1-2/h2,4-5H,3,6H2,1H3;1-2H3. The fourth-order valence-corrected chi connectivity index (χ4v) is 1.13. The van der Waals surface area contributed by atoms with Gasteiger partial charge >= 0.3 is 0 Å². The highest BCUT2D eigenvalue weighted by Crippen LogP contribution is 2.24. The molecule has 1 aliphatic heterocycles. The van der Waals surface area contributed by atoms with Crippen molar-refractivity contribution in [3.8, 4) is 0 Å². The predicted molar refractivity (Wildman–Crippen MR) is 52.9 cm³/mol. The monoisotopic (exact) mass is 180 g/mol. The van der Waals surface area contributed by atoms with Crippen molar-refractivity contribution in [3.05, 3.63) is 35.3 Å². The van der Waals surface area contributed by atoms with Crippen molar-refractivity contribution in [2.24, 2.45) is 0 Å². The molecule has 0 saturated carbocycles. The lowest BCUT2D eigenvalue weighted by Gasteiger charge is -1.92. The molecule has 72 valence electrons. The number of hydrogen-bond acceptors (Lipinski definition) is 2. The van der Waals surface area contributed by atoms with Crippen LogP contribution in [-0.2, 0) is 9.47 Å². The van der Waals surface area contributed by atoms with Crippen molar-refractivity contribution in [1.82, 2.24) is 0 Å². The molecular weight excluding hydrogens is 164 g/mol. The molecule has 1 heterocycles. The number of ether oxygens (including phenoxy) is 2. The van der Waals surface area contributed by atoms with Crippen LogP contribution in [-0.4, -0.2) is 6.79 Å². The van der Waals surface area contributed by atoms with Crippen molar-refractivity contribution in [2.45, 2.75) is 27.2 Å². The zero-order valence-electron chi connectivity index (χ0n) is 8.46. The Bertz CT molecular complexity index is 259. The number of rotatable bonds is 0. The summed E-state index contributed by atoms with van der Waals surface area (Å²) in [5, 5.41) is 0. The molecule has 13 heavy (non-hydrogen) atoms. The molecule has 0 unspecified atom stereocenters. The van der Waals surface area contributed by atoms with E-state index in [1.165, 1.54) is 5.57 Å². The maximum atomic E-state index is 5.22. The lowest BCUT2D eigenvalue weighted by Crippen LogP contribution is -1.79. The summed E-state index contributed by atoms with van der Waals surface area (Å²) in [4.78, 5) is 0. The van der Waals surface area contributed by atoms with Crippen molar-refractivity contribution in [3.63, 3.8) is 0 Å². The molecule has 2 nitrogen and oxygen atoms in total. The Labute approximate surface area is 79.5 Å². The van der Waals surface area contributed by atoms with Gasteiger partial charge in [-0.05, 0) is 25.5 Å². The van der Waals surface area contributed by atoms with Gasteiger partial charge in [0.1, 0.15) is 0 Å². The minimum Gasteiger partial charge on any atom is -0.454 e. The molecule has 0 radical (unpaired) electrons. The molecule has 2 rings (SSSR count). The van der Waals surface area contributed by atoms with Crippen LogP contribution in [0.25, 0.3) is 0 Å². The quantitative estimate of drug-likeness (QED) is 0.570. The van der Waals surface area contributed by atoms with Crippen LogP contribution in [0, 0.1) is 0 Å². The first-order valence-corrected chi connectivity index (χ1v) is 4.70. The van der Waals surface area contributed by atoms with Crippen LogP contribution in [0.4, 0.5) is 0 Å². The maximum Gasteiger partial charge on any atom is 0.231 e. The Kier molecular flexibility index (Phi) is 3.62. The summed E-state index contributed by atoms with van der Waals surface area (Å²) in [5.74, 6) is 1.75. The largest absolute Gasteiger partial charge is 0.454 e. The average molecular weight is 180 g/mol. The zero-order chi connectivity index (χ0) is 9.68. The van der Waals surface area contributed by atoms with Gasteiger partial charge in [-0.3, -0.25) is 0 Å². The summed E-state index contributed by atoms with van der Waals surface area (Å²) >= 11 is 0. The highest BCUT2D eigenvalue weighted by Gasteiger charge is 2.16. The van der Waals surface area contributed by atoms with Crippen LogP contribution < -0.4 is 0 Å². The Morgan fingerprint density at radius 2 is 1.77 bits per heavy atom. The summed E-state index contributed by atoms with van der Waals surface area (Å²) in [5.41, 5.74) is 1.33. The van der Waals surface area contributed by atoms with Gasteiger partial charge in [0.15, 0.2) is 11.5 Å². The van der Waals surface area contributed by atoms with E-state index in [1.54, 1.807) is 0 Å². The summed E-state index contributed by atoms with van der Waals surface area (Å²) in [6.45, 7) is 6.46. The van der Waals surface area contributed by atoms with Crippen LogP contribution in [0.2, 0.25) is 0 Å². The number of hydrogen-bond donors (Lipinski definition) is 0. The first-order chi connectivity index (χ1) is 6.36. The normalized spacial score (nSPS) is 18.8. The van der Waals surface area contributed by atoms with E-state index in [1.807, 2.05) is 19.9 Å². The smallest absolute Gasteiger partial charge is 0.231 e. The minimum atomic E-state index is 0.366. The second-order valence-electron chi connectivity index (χ2n) is 2.72. The molecule has 0 atom stereocenters. The van der Waals surface area contributed by atoms with E-state index in [0.717, 1.165) is 17.9 Å². The number of allylic oxidation sites excluding steroid dienone is 4. The SMILES string of the molecule is CC.CC1=CC=C2OCOC2=CC1. The molecule has 0 aromatic carbocycles. The number of fused-ring (bicyclic) bond motifs is 1. The zero-order valence-corrected chi connectivity index (χ0v) is 8.46. The topological polar surface area (TPSA) is 18.5 Å². The maximum absolute atomic E-state index is 5.22. The lowest BCUT2D eigenvalue weighted by molar-refractivity contribution is 0.0974. The third kappa shape index (κ3) is 2.38. The summed E-state index contributed by atoms with van der Waals surface area (Å²) in [6.07, 6.45) is 7.03. The molecular formula is C11H16O2. The molecule has 1 aliphatic carbocycles. The van der Waals surface area contributed by atoms with E-state index in [2.05, 4.69) is 19.1 Å². The molecule has 2 aliphatic rings. The molecule has 0 aromatic heterocycles. The van der Waals surface area contributed by atoms with Gasteiger partial charge in [-0.25, -0.2) is 0 Å². The van der Waals surface area contributed by atoms with Crippen LogP contribution in [0.3, 0.4) is 0 Å². The molecule has 2 heteroatoms. The summed E-state index contributed by atoms with van der Waals surface area (Å²) in [7, 11) is 0. The molecule has 0 aromatic rings. The highest BCUT2D eigenvalue weighted by molar-refractivity contribution is 5.32. The second-order valence-corrected chi connectivity index (χ2v) is 2.72. The average Bonchev–Trinajstić information content (AvgIpc) is 2.56. The van der Waals surface area contributed by atoms with Crippen LogP contribution in [0.15, 0.2) is 35.3 Å². The van der Waals surface area contributed by atoms with Crippen molar-refractivity contribution in [2.75, 3.05) is 6.79 Å². The predicted octanol–water partition coefficient (Wildman–Crippen LogP) is 3.13. The fraction of sp³-hybridized carbons (Fsp3) is 0.455. The lowest BCUT2D eigenvalue weighted by atomic mass is 10.2. The van der Waals surface area contributed by atoms with E-state index in [-0.39, 0.29) is 0 Å². The van der Waals surface area contributed by atoms with Gasteiger partial charge in [0.2, 0.25) is 6.79 Å². The molecule has 1 fully saturated rings. The van der Waals surface area contributed by atoms with E-state index in [4.69, 9.17) is 9.47 Å². The van der Waals surface area contributed by atoms with Crippen molar-refractivity contribution in [1.29, 1.82) is 0 Å². The summed E-state index contributed by atoms with van der Waals surface area (Å²) < 4.78 is 10.4. The first-order valence-electron chi connectivity index (χ1n) is 4.70. The molecule has 0 amide bonds. The van der Waals surface area contributed by atoms with Gasteiger partial charge in [0, 0.05) is 0 Å². The van der Waals surface area contributed by atoms with E-state index >= 15 is 0 Å². The Balaban J connectivity index is 0.000000396. The van der Waals surface area contributed by atoms with Crippen molar-refractivity contribution >= 4 is 0 Å². The highest BCUT2D eigenvalue weighted by atomic mass is 16.7. The fourth-order valence-electron chi connectivity index (χ4n) is 1.13. The molecule has 0 spiro atoms. The Morgan fingerprint density at radius 3 is 2.54 bits per heavy atom. The van der Waals surface area contributed by atoms with E-state index in [9.17, 15) is 0 Å². The third-order valence-electron chi connectivity index (χ3n) is 1.80. The molecule has 1 saturated heterocycles. The van der Waals surface area contributed by atoms with E-state index < -0.39 is 0 Å². The molecule has 0 N–H and O–H groups in total. The van der Waals surface area contributed by atoms with Crippen LogP contribution >= 0.6 is 0 Å². The van der Waals surface area contributed by atoms with Gasteiger partial charge in [0.05, 0.1) is 0 Å². The summed E-state index contributed by atoms with van der Waals surface area (Å²) in [6, 6.07) is 0. The first kappa shape index (κ1) is 9.90. The van der Waals surface area contributed by atoms with Crippen LogP contribution in [0.1, 0.15) is 27.2 Å². The van der Waals surface area contributed by atoms with Crippen LogP contribution in [0.5, 0.6) is 0 Å². The van der Waals surface area contributed by atoms with Crippen molar-refractivity contribution < 1.29 is 9.47 Å². The van der Waals surface area contributed by atoms with Gasteiger partial charge in [-0.15, -0.1) is 0 Å². The van der Waals surface area contributed by atoms with E-state index in [0.29, 0.717) is 6.79 Å². The minimum absolute atomic E-state index is 0.366. The van der Waals surface area contributed by atoms with Gasteiger partial charge in [-0.1, -0.05) is 25.5 Å². The van der Waals surface area contributed by atoms with Gasteiger partial charge in [-0.2, -0.15) is 0 Å². The van der Waals surface area contributed by atoms with Gasteiger partial charge in [0.25, 0.3) is 0 Å². The Morgan fingerprint density at radius 1 is 1.08 bits per heavy atom.